The number of nitriles is 1. The van der Waals surface area contributed by atoms with E-state index < -0.39 is 12.5 Å². The van der Waals surface area contributed by atoms with Crippen molar-refractivity contribution in [3.05, 3.63) is 71.9 Å². The van der Waals surface area contributed by atoms with Crippen molar-refractivity contribution in [1.29, 1.82) is 5.26 Å². The Labute approximate surface area is 159 Å². The van der Waals surface area contributed by atoms with Crippen LogP contribution >= 0.6 is 0 Å². The summed E-state index contributed by atoms with van der Waals surface area (Å²) >= 11 is 0. The fourth-order valence-electron chi connectivity index (χ4n) is 2.54. The molecule has 0 unspecified atom stereocenters. The number of primary amides is 1. The lowest BCUT2D eigenvalue weighted by Gasteiger charge is -2.05. The molecule has 3 aromatic rings. The number of nitrogens with zero attached hydrogens (tertiary/aromatic N) is 3. The van der Waals surface area contributed by atoms with Gasteiger partial charge in [0.1, 0.15) is 17.4 Å². The lowest BCUT2D eigenvalue weighted by molar-refractivity contribution is -0.114. The van der Waals surface area contributed by atoms with E-state index in [2.05, 4.69) is 9.84 Å². The standard InChI is InChI=1S/C20H14F2N4O2/c21-20(22)28-17-8-6-13(7-9-17)18-15(10-14(11-23)19(24)27)12-26(25-18)16-4-2-1-3-5-16/h1-10,12,20H,(H2,24,27)/b14-10+. The summed E-state index contributed by atoms with van der Waals surface area (Å²) in [6, 6.07) is 16.9. The largest absolute Gasteiger partial charge is 0.435 e. The number of ether oxygens (including phenoxy) is 1. The van der Waals surface area contributed by atoms with E-state index in [0.717, 1.165) is 5.69 Å². The number of alkyl halides is 2. The van der Waals surface area contributed by atoms with Gasteiger partial charge in [0.15, 0.2) is 0 Å². The van der Waals surface area contributed by atoms with E-state index >= 15 is 0 Å². The number of hydrogen-bond donors (Lipinski definition) is 1. The Morgan fingerprint density at radius 1 is 1.18 bits per heavy atom. The molecule has 0 spiro atoms. The van der Waals surface area contributed by atoms with Crippen molar-refractivity contribution in [3.8, 4) is 28.8 Å². The first-order valence-electron chi connectivity index (χ1n) is 8.10. The van der Waals surface area contributed by atoms with E-state index in [0.29, 0.717) is 16.8 Å². The highest BCUT2D eigenvalue weighted by Crippen LogP contribution is 2.28. The first-order valence-corrected chi connectivity index (χ1v) is 8.10. The van der Waals surface area contributed by atoms with Crippen LogP contribution in [0.5, 0.6) is 5.75 Å². The highest BCUT2D eigenvalue weighted by molar-refractivity contribution is 6.01. The number of rotatable bonds is 6. The van der Waals surface area contributed by atoms with Gasteiger partial charge in [-0.1, -0.05) is 18.2 Å². The van der Waals surface area contributed by atoms with E-state index in [1.54, 1.807) is 29.1 Å². The first kappa shape index (κ1) is 18.8. The molecule has 0 fully saturated rings. The Hall–Kier alpha value is -3.99. The second-order valence-electron chi connectivity index (χ2n) is 5.65. The Kier molecular flexibility index (Phi) is 5.46. The molecule has 0 aliphatic rings. The van der Waals surface area contributed by atoms with E-state index in [1.807, 2.05) is 30.3 Å². The van der Waals surface area contributed by atoms with Crippen LogP contribution in [0.1, 0.15) is 5.56 Å². The predicted octanol–water partition coefficient (Wildman–Crippen LogP) is 3.53. The van der Waals surface area contributed by atoms with E-state index in [4.69, 9.17) is 11.0 Å². The summed E-state index contributed by atoms with van der Waals surface area (Å²) in [5.74, 6) is -0.852. The fourth-order valence-corrected chi connectivity index (χ4v) is 2.54. The molecule has 140 valence electrons. The van der Waals surface area contributed by atoms with Crippen LogP contribution in [0.2, 0.25) is 0 Å². The third-order valence-corrected chi connectivity index (χ3v) is 3.80. The van der Waals surface area contributed by atoms with Gasteiger partial charge in [0.05, 0.1) is 11.4 Å². The highest BCUT2D eigenvalue weighted by Gasteiger charge is 2.14. The Morgan fingerprint density at radius 2 is 1.86 bits per heavy atom. The molecular formula is C20H14F2N4O2. The van der Waals surface area contributed by atoms with Crippen LogP contribution in [0.25, 0.3) is 23.0 Å². The van der Waals surface area contributed by atoms with Crippen molar-refractivity contribution in [3.63, 3.8) is 0 Å². The number of halogens is 2. The van der Waals surface area contributed by atoms with Crippen LogP contribution in [0, 0.1) is 11.3 Å². The zero-order valence-electron chi connectivity index (χ0n) is 14.4. The zero-order chi connectivity index (χ0) is 20.1. The minimum atomic E-state index is -2.92. The fraction of sp³-hybridized carbons (Fsp3) is 0.0500. The molecule has 1 heterocycles. The maximum Gasteiger partial charge on any atom is 0.387 e. The molecule has 0 atom stereocenters. The number of nitrogens with two attached hydrogens (primary N) is 1. The molecular weight excluding hydrogens is 366 g/mol. The van der Waals surface area contributed by atoms with Crippen molar-refractivity contribution < 1.29 is 18.3 Å². The SMILES string of the molecule is N#C/C(=C\c1cn(-c2ccccc2)nc1-c1ccc(OC(F)F)cc1)C(N)=O. The summed E-state index contributed by atoms with van der Waals surface area (Å²) in [6.45, 7) is -2.92. The number of benzene rings is 2. The maximum atomic E-state index is 12.3. The van der Waals surface area contributed by atoms with Gasteiger partial charge in [-0.05, 0) is 42.5 Å². The predicted molar refractivity (Wildman–Crippen MR) is 98.4 cm³/mol. The number of aromatic nitrogens is 2. The molecule has 3 rings (SSSR count). The van der Waals surface area contributed by atoms with Crippen molar-refractivity contribution in [2.75, 3.05) is 0 Å². The minimum Gasteiger partial charge on any atom is -0.435 e. The van der Waals surface area contributed by atoms with Gasteiger partial charge >= 0.3 is 6.61 Å². The summed E-state index contributed by atoms with van der Waals surface area (Å²) in [6.07, 6.45) is 2.99. The maximum absolute atomic E-state index is 12.3. The number of para-hydroxylation sites is 1. The van der Waals surface area contributed by atoms with Crippen molar-refractivity contribution in [2.24, 2.45) is 5.73 Å². The summed E-state index contributed by atoms with van der Waals surface area (Å²) in [5.41, 5.74) is 7.26. The van der Waals surface area contributed by atoms with Gasteiger partial charge in [0, 0.05) is 17.3 Å². The van der Waals surface area contributed by atoms with Gasteiger partial charge in [-0.2, -0.15) is 19.1 Å². The Morgan fingerprint density at radius 3 is 2.43 bits per heavy atom. The Bertz CT molecular complexity index is 1050. The van der Waals surface area contributed by atoms with Crippen molar-refractivity contribution in [1.82, 2.24) is 9.78 Å². The molecule has 1 amide bonds. The van der Waals surface area contributed by atoms with Crippen LogP contribution in [0.4, 0.5) is 8.78 Å². The van der Waals surface area contributed by atoms with Crippen LogP contribution in [-0.4, -0.2) is 22.3 Å². The summed E-state index contributed by atoms with van der Waals surface area (Å²) in [5, 5.41) is 13.6. The second-order valence-corrected chi connectivity index (χ2v) is 5.65. The monoisotopic (exact) mass is 380 g/mol. The van der Waals surface area contributed by atoms with Crippen LogP contribution in [0.15, 0.2) is 66.4 Å². The summed E-state index contributed by atoms with van der Waals surface area (Å²) in [7, 11) is 0. The molecule has 0 radical (unpaired) electrons. The third-order valence-electron chi connectivity index (χ3n) is 3.80. The average molecular weight is 380 g/mol. The topological polar surface area (TPSA) is 93.9 Å². The van der Waals surface area contributed by atoms with E-state index in [1.165, 1.54) is 18.2 Å². The van der Waals surface area contributed by atoms with Crippen LogP contribution in [-0.2, 0) is 4.79 Å². The quantitative estimate of drug-likeness (QED) is 0.523. The van der Waals surface area contributed by atoms with E-state index in [9.17, 15) is 13.6 Å². The zero-order valence-corrected chi connectivity index (χ0v) is 14.4. The lowest BCUT2D eigenvalue weighted by atomic mass is 10.1. The molecule has 0 saturated carbocycles. The molecule has 0 aliphatic heterocycles. The molecule has 0 aliphatic carbocycles. The third kappa shape index (κ3) is 4.22. The number of carbonyl (C=O) groups excluding carboxylic acids is 1. The van der Waals surface area contributed by atoms with Gasteiger partial charge in [-0.15, -0.1) is 0 Å². The number of hydrogen-bond acceptors (Lipinski definition) is 4. The van der Waals surface area contributed by atoms with Gasteiger partial charge in [-0.25, -0.2) is 4.68 Å². The van der Waals surface area contributed by atoms with Gasteiger partial charge in [0.2, 0.25) is 0 Å². The summed E-state index contributed by atoms with van der Waals surface area (Å²) < 4.78 is 30.6. The minimum absolute atomic E-state index is 0.00758. The van der Waals surface area contributed by atoms with Gasteiger partial charge in [0.25, 0.3) is 5.91 Å². The van der Waals surface area contributed by atoms with Gasteiger partial charge < -0.3 is 10.5 Å². The molecule has 1 aromatic heterocycles. The smallest absolute Gasteiger partial charge is 0.387 e. The molecule has 6 nitrogen and oxygen atoms in total. The van der Waals surface area contributed by atoms with Crippen LogP contribution < -0.4 is 10.5 Å². The molecule has 8 heteroatoms. The normalized spacial score (nSPS) is 11.3. The molecule has 0 bridgehead atoms. The Balaban J connectivity index is 2.09. The van der Waals surface area contributed by atoms with Crippen LogP contribution in [0.3, 0.4) is 0 Å². The van der Waals surface area contributed by atoms with E-state index in [-0.39, 0.29) is 11.3 Å². The first-order chi connectivity index (χ1) is 13.5. The summed E-state index contributed by atoms with van der Waals surface area (Å²) in [4.78, 5) is 11.4. The van der Waals surface area contributed by atoms with Crippen molar-refractivity contribution >= 4 is 12.0 Å². The molecule has 28 heavy (non-hydrogen) atoms. The average Bonchev–Trinajstić information content (AvgIpc) is 3.10. The molecule has 2 N–H and O–H groups in total. The second kappa shape index (κ2) is 8.14. The number of amides is 1. The molecule has 2 aromatic carbocycles. The molecule has 0 saturated heterocycles. The highest BCUT2D eigenvalue weighted by atomic mass is 19.3. The van der Waals surface area contributed by atoms with Gasteiger partial charge in [-0.3, -0.25) is 4.79 Å². The number of carbonyl (C=O) groups is 1. The van der Waals surface area contributed by atoms with Crippen molar-refractivity contribution in [2.45, 2.75) is 6.61 Å². The lowest BCUT2D eigenvalue weighted by Crippen LogP contribution is -2.12.